The van der Waals surface area contributed by atoms with Gasteiger partial charge in [0.05, 0.1) is 33.5 Å². The minimum Gasteiger partial charge on any atom is -1.00 e. The SMILES string of the molecule is C1CNCCN1.CCc1ccc(-n2c(Br)nnc2SC(C)(C)C(=O)O)c2ccccc12.CCc1ccc(-n2c(Br)nnc2SC(C)(C)C(=O)O)c2ccccc12.CCc1ccc(-n2c(Br)nnc2SC(C)(C)C(=O)O)c2ccccc12.CCc1ccc(-n2c(Br)nnc2SC(C)(C)C(=O)[O-])c2ccccc12.[Ca+2].[H-].[H-].[K+]. The van der Waals surface area contributed by atoms with Crippen molar-refractivity contribution < 1.29 is 93.8 Å². The maximum absolute atomic E-state index is 11.5. The Balaban J connectivity index is 0.000000252. The molecule has 0 aliphatic carbocycles. The molecule has 32 heteroatoms. The molecule has 22 nitrogen and oxygen atoms in total. The first-order valence-corrected chi connectivity index (χ1v) is 40.4. The van der Waals surface area contributed by atoms with Crippen molar-refractivity contribution in [3.05, 3.63) is 187 Å². The molecular formula is C76H83Br4CaKN14O8S4. The summed E-state index contributed by atoms with van der Waals surface area (Å²) in [6.45, 7) is 26.2. The predicted molar refractivity (Wildman–Crippen MR) is 445 cm³/mol. The Labute approximate surface area is 753 Å². The number of rotatable bonds is 20. The maximum atomic E-state index is 11.5. The fraction of sp³-hybridized carbons (Fsp3) is 0.316. The normalized spacial score (nSPS) is 12.3. The first-order valence-electron chi connectivity index (χ1n) is 34.0. The first-order chi connectivity index (χ1) is 50.4. The van der Waals surface area contributed by atoms with Crippen molar-refractivity contribution in [2.24, 2.45) is 0 Å². The Kier molecular flexibility index (Phi) is 33.9. The zero-order chi connectivity index (χ0) is 77.0. The molecule has 0 atom stereocenters. The third-order valence-electron chi connectivity index (χ3n) is 17.2. The van der Waals surface area contributed by atoms with Crippen LogP contribution in [0, 0.1) is 0 Å². The predicted octanol–water partition coefficient (Wildman–Crippen LogP) is 13.5. The number of aryl methyl sites for hydroxylation is 4. The molecule has 5 N–H and O–H groups in total. The second-order valence-corrected chi connectivity index (χ2v) is 35.3. The molecule has 0 radical (unpaired) electrons. The number of nitrogens with one attached hydrogen (secondary N) is 2. The second kappa shape index (κ2) is 40.4. The van der Waals surface area contributed by atoms with Gasteiger partial charge in [-0.15, -0.1) is 40.8 Å². The Morgan fingerprint density at radius 3 is 0.741 bits per heavy atom. The van der Waals surface area contributed by atoms with Gasteiger partial charge in [0.25, 0.3) is 0 Å². The number of halogens is 4. The number of carboxylic acids is 4. The van der Waals surface area contributed by atoms with E-state index in [2.05, 4.69) is 216 Å². The fourth-order valence-corrected chi connectivity index (χ4v) is 17.0. The molecule has 1 fully saturated rings. The third kappa shape index (κ3) is 21.6. The van der Waals surface area contributed by atoms with Crippen molar-refractivity contribution in [1.29, 1.82) is 0 Å². The molecule has 5 heterocycles. The molecule has 0 unspecified atom stereocenters. The van der Waals surface area contributed by atoms with Crippen molar-refractivity contribution in [2.75, 3.05) is 26.2 Å². The number of fused-ring (bicyclic) bond motifs is 4. The van der Waals surface area contributed by atoms with E-state index in [4.69, 9.17) is 0 Å². The van der Waals surface area contributed by atoms with E-state index in [-0.39, 0.29) is 92.0 Å². The zero-order valence-corrected chi connectivity index (χ0v) is 77.1. The van der Waals surface area contributed by atoms with Gasteiger partial charge in [-0.3, -0.25) is 32.7 Å². The van der Waals surface area contributed by atoms with Crippen molar-refractivity contribution in [3.63, 3.8) is 0 Å². The molecule has 4 aromatic heterocycles. The molecule has 560 valence electrons. The van der Waals surface area contributed by atoms with E-state index in [1.54, 1.807) is 55.4 Å². The van der Waals surface area contributed by atoms with Crippen LogP contribution in [0.5, 0.6) is 0 Å². The largest absolute Gasteiger partial charge is 2.00 e. The third-order valence-corrected chi connectivity index (χ3v) is 23.8. The van der Waals surface area contributed by atoms with Gasteiger partial charge < -0.3 is 38.7 Å². The monoisotopic (exact) mass is 1840 g/mol. The van der Waals surface area contributed by atoms with E-state index >= 15 is 0 Å². The summed E-state index contributed by atoms with van der Waals surface area (Å²) in [6, 6.07) is 49.2. The summed E-state index contributed by atoms with van der Waals surface area (Å²) >= 11 is 18.4. The van der Waals surface area contributed by atoms with Gasteiger partial charge in [-0.25, -0.2) is 0 Å². The molecule has 0 bridgehead atoms. The van der Waals surface area contributed by atoms with E-state index in [1.165, 1.54) is 79.1 Å². The molecule has 1 aliphatic rings. The molecule has 8 aromatic carbocycles. The number of carbonyl (C=O) groups is 4. The number of carbonyl (C=O) groups excluding carboxylic acids is 1. The second-order valence-electron chi connectivity index (χ2n) is 26.1. The van der Waals surface area contributed by atoms with Crippen LogP contribution in [0.3, 0.4) is 0 Å². The molecule has 1 aliphatic heterocycles. The number of aliphatic carboxylic acids is 4. The van der Waals surface area contributed by atoms with Crippen molar-refractivity contribution in [1.82, 2.24) is 69.7 Å². The quantitative estimate of drug-likeness (QED) is 0.0350. The van der Waals surface area contributed by atoms with Crippen molar-refractivity contribution in [3.8, 4) is 22.7 Å². The number of thioether (sulfide) groups is 4. The van der Waals surface area contributed by atoms with E-state index < -0.39 is 42.9 Å². The van der Waals surface area contributed by atoms with Gasteiger partial charge in [-0.2, -0.15) is 0 Å². The molecule has 13 rings (SSSR count). The maximum Gasteiger partial charge on any atom is 2.00 e. The van der Waals surface area contributed by atoms with E-state index in [0.717, 1.165) is 108 Å². The van der Waals surface area contributed by atoms with Gasteiger partial charge in [0.2, 0.25) is 18.9 Å². The summed E-state index contributed by atoms with van der Waals surface area (Å²) in [5.41, 5.74) is 8.74. The molecule has 1 saturated heterocycles. The van der Waals surface area contributed by atoms with Crippen LogP contribution in [-0.2, 0) is 44.9 Å². The summed E-state index contributed by atoms with van der Waals surface area (Å²) in [6.07, 6.45) is 3.76. The number of carboxylic acid groups (broad SMARTS) is 4. The molecule has 0 saturated carbocycles. The smallest absolute Gasteiger partial charge is 1.00 e. The summed E-state index contributed by atoms with van der Waals surface area (Å²) in [5.74, 6) is -3.83. The Morgan fingerprint density at radius 1 is 0.370 bits per heavy atom. The number of hydrogen-bond acceptors (Lipinski definition) is 19. The van der Waals surface area contributed by atoms with Gasteiger partial charge in [-0.1, -0.05) is 196 Å². The van der Waals surface area contributed by atoms with Crippen LogP contribution in [0.2, 0.25) is 0 Å². The number of aromatic nitrogens is 12. The minimum atomic E-state index is -1.14. The van der Waals surface area contributed by atoms with Gasteiger partial charge in [0, 0.05) is 47.7 Å². The molecule has 0 spiro atoms. The van der Waals surface area contributed by atoms with E-state index in [9.17, 15) is 39.6 Å². The molecule has 108 heavy (non-hydrogen) atoms. The number of nitrogens with zero attached hydrogens (tertiary/aromatic N) is 12. The average molecular weight is 1850 g/mol. The minimum absolute atomic E-state index is 0. The number of hydrogen-bond donors (Lipinski definition) is 5. The Hall–Kier alpha value is -4.62. The van der Waals surface area contributed by atoms with Gasteiger partial charge >= 0.3 is 107 Å². The van der Waals surface area contributed by atoms with Gasteiger partial charge in [0.15, 0.2) is 20.6 Å². The van der Waals surface area contributed by atoms with Crippen LogP contribution >= 0.6 is 111 Å². The standard InChI is InChI=1S/4C18H18BrN3O2S.C4H10N2.Ca.K.2H/c4*1-4-11-9-10-14(13-8-6-5-7-12(11)13)22-16(19)20-21-17(22)25-18(2,3)15(23)24;1-2-6-4-3-5-1;;;;/h4*5-10H,4H2,1-3H3,(H,23,24);5-6H,1-4H2;;;;/q;;;;;+2;+1;2*-1/p-1. The van der Waals surface area contributed by atoms with E-state index in [0.29, 0.717) is 39.6 Å². The van der Waals surface area contributed by atoms with Crippen LogP contribution in [-0.4, -0.2) is 181 Å². The Bertz CT molecular complexity index is 4570. The summed E-state index contributed by atoms with van der Waals surface area (Å²) in [4.78, 5) is 45.8. The average Bonchev–Trinajstić information content (AvgIpc) is 1.59. The van der Waals surface area contributed by atoms with Crippen LogP contribution in [0.15, 0.2) is 185 Å². The Morgan fingerprint density at radius 2 is 0.565 bits per heavy atom. The van der Waals surface area contributed by atoms with E-state index in [1.807, 2.05) is 91.1 Å². The van der Waals surface area contributed by atoms with Gasteiger partial charge in [0.1, 0.15) is 14.2 Å². The number of piperazine rings is 1. The van der Waals surface area contributed by atoms with Crippen LogP contribution in [0.4, 0.5) is 0 Å². The van der Waals surface area contributed by atoms with Crippen LogP contribution < -0.4 is 67.1 Å². The van der Waals surface area contributed by atoms with Crippen LogP contribution in [0.1, 0.15) is 108 Å². The van der Waals surface area contributed by atoms with Crippen LogP contribution in [0.25, 0.3) is 65.8 Å². The zero-order valence-electron chi connectivity index (χ0n) is 64.1. The topological polar surface area (TPSA) is 299 Å². The first kappa shape index (κ1) is 90.6. The molecule has 12 aromatic rings. The molecule has 0 amide bonds. The fourth-order valence-electron chi connectivity index (χ4n) is 11.2. The molecular weight excluding hydrogens is 1760 g/mol. The summed E-state index contributed by atoms with van der Waals surface area (Å²) in [7, 11) is 0. The van der Waals surface area contributed by atoms with Crippen molar-refractivity contribution in [2.45, 2.75) is 148 Å². The summed E-state index contributed by atoms with van der Waals surface area (Å²) in [5, 5.41) is 90.2. The summed E-state index contributed by atoms with van der Waals surface area (Å²) < 4.78 is 5.42. The van der Waals surface area contributed by atoms with Gasteiger partial charge in [-0.05, 0) is 213 Å². The number of benzene rings is 8. The van der Waals surface area contributed by atoms with Crippen molar-refractivity contribution >= 4 is 215 Å².